The predicted octanol–water partition coefficient (Wildman–Crippen LogP) is 3.01. The largest absolute Gasteiger partial charge is 0.362 e. The van der Waals surface area contributed by atoms with Gasteiger partial charge in [0.1, 0.15) is 0 Å². The third kappa shape index (κ3) is 0.761. The highest BCUT2D eigenvalue weighted by Gasteiger charge is 2.51. The Morgan fingerprint density at radius 3 is 3.00 bits per heavy atom. The second-order valence-electron chi connectivity index (χ2n) is 4.44. The van der Waals surface area contributed by atoms with Crippen molar-refractivity contribution in [3.63, 3.8) is 0 Å². The van der Waals surface area contributed by atoms with Crippen LogP contribution in [0.1, 0.15) is 37.5 Å². The van der Waals surface area contributed by atoms with Crippen LogP contribution in [-0.4, -0.2) is 0 Å². The molecule has 1 nitrogen and oxygen atoms in total. The Morgan fingerprint density at radius 1 is 1.38 bits per heavy atom. The van der Waals surface area contributed by atoms with E-state index in [1.807, 2.05) is 0 Å². The summed E-state index contributed by atoms with van der Waals surface area (Å²) in [6.07, 6.45) is 1.56. The van der Waals surface area contributed by atoms with E-state index >= 15 is 0 Å². The Morgan fingerprint density at radius 2 is 2.15 bits per heavy atom. The van der Waals surface area contributed by atoms with Crippen molar-refractivity contribution < 1.29 is 4.74 Å². The molecule has 0 aromatic heterocycles. The summed E-state index contributed by atoms with van der Waals surface area (Å²) >= 11 is 0. The van der Waals surface area contributed by atoms with Crippen LogP contribution in [0.5, 0.6) is 0 Å². The Bertz CT molecular complexity index is 358. The highest BCUT2D eigenvalue weighted by molar-refractivity contribution is 5.40. The van der Waals surface area contributed by atoms with Crippen LogP contribution >= 0.6 is 0 Å². The number of hydrogen-bond acceptors (Lipinski definition) is 1. The van der Waals surface area contributed by atoms with Gasteiger partial charge in [-0.1, -0.05) is 31.2 Å². The first-order chi connectivity index (χ1) is 6.22. The van der Waals surface area contributed by atoms with Crippen LogP contribution in [0.15, 0.2) is 24.3 Å². The monoisotopic (exact) mass is 174 g/mol. The molecule has 2 bridgehead atoms. The maximum Gasteiger partial charge on any atom is 0.0941 e. The fraction of sp³-hybridized carbons (Fsp3) is 0.500. The zero-order valence-electron chi connectivity index (χ0n) is 8.08. The van der Waals surface area contributed by atoms with Gasteiger partial charge in [0.05, 0.1) is 11.7 Å². The molecule has 1 aromatic carbocycles. The molecular weight excluding hydrogens is 160 g/mol. The third-order valence-electron chi connectivity index (χ3n) is 3.74. The SMILES string of the molecule is CC1C[C@H]2O[C@]1(C)c1ccccc12. The summed E-state index contributed by atoms with van der Waals surface area (Å²) in [4.78, 5) is 0. The summed E-state index contributed by atoms with van der Waals surface area (Å²) in [7, 11) is 0. The first kappa shape index (κ1) is 7.57. The van der Waals surface area contributed by atoms with Crippen molar-refractivity contribution in [1.29, 1.82) is 0 Å². The number of rotatable bonds is 0. The molecule has 0 aliphatic carbocycles. The van der Waals surface area contributed by atoms with Crippen molar-refractivity contribution in [2.45, 2.75) is 32.0 Å². The smallest absolute Gasteiger partial charge is 0.0941 e. The van der Waals surface area contributed by atoms with Crippen molar-refractivity contribution in [2.75, 3.05) is 0 Å². The molecule has 1 heteroatoms. The lowest BCUT2D eigenvalue weighted by Crippen LogP contribution is -2.25. The van der Waals surface area contributed by atoms with Crippen LogP contribution in [0.2, 0.25) is 0 Å². The molecule has 1 unspecified atom stereocenters. The first-order valence-corrected chi connectivity index (χ1v) is 4.99. The van der Waals surface area contributed by atoms with Crippen molar-refractivity contribution in [2.24, 2.45) is 5.92 Å². The van der Waals surface area contributed by atoms with Gasteiger partial charge in [-0.2, -0.15) is 0 Å². The molecular formula is C12H14O. The van der Waals surface area contributed by atoms with Crippen LogP contribution in [0.3, 0.4) is 0 Å². The molecule has 13 heavy (non-hydrogen) atoms. The lowest BCUT2D eigenvalue weighted by atomic mass is 9.76. The molecule has 68 valence electrons. The van der Waals surface area contributed by atoms with Gasteiger partial charge in [-0.15, -0.1) is 0 Å². The minimum absolute atomic E-state index is 0.00125. The fourth-order valence-corrected chi connectivity index (χ4v) is 2.76. The van der Waals surface area contributed by atoms with E-state index in [1.165, 1.54) is 17.5 Å². The number of hydrogen-bond donors (Lipinski definition) is 0. The molecule has 1 saturated heterocycles. The standard InChI is InChI=1S/C12H14O/c1-8-7-11-9-5-3-4-6-10(9)12(8,2)13-11/h3-6,8,11H,7H2,1-2H3/t8?,11-,12+/m1/s1. The first-order valence-electron chi connectivity index (χ1n) is 4.99. The van der Waals surface area contributed by atoms with E-state index < -0.39 is 0 Å². The summed E-state index contributed by atoms with van der Waals surface area (Å²) in [5.41, 5.74) is 2.84. The second-order valence-corrected chi connectivity index (χ2v) is 4.44. The fourth-order valence-electron chi connectivity index (χ4n) is 2.76. The van der Waals surface area contributed by atoms with Crippen molar-refractivity contribution in [3.8, 4) is 0 Å². The topological polar surface area (TPSA) is 9.23 Å². The summed E-state index contributed by atoms with van der Waals surface area (Å²) in [5.74, 6) is 0.660. The Kier molecular flexibility index (Phi) is 1.26. The quantitative estimate of drug-likeness (QED) is 0.587. The summed E-state index contributed by atoms with van der Waals surface area (Å²) in [5, 5.41) is 0. The van der Waals surface area contributed by atoms with Gasteiger partial charge in [-0.25, -0.2) is 0 Å². The molecule has 1 aromatic rings. The lowest BCUT2D eigenvalue weighted by molar-refractivity contribution is -0.0233. The molecule has 0 spiro atoms. The Labute approximate surface area is 78.7 Å². The van der Waals surface area contributed by atoms with E-state index in [9.17, 15) is 0 Å². The zero-order chi connectivity index (χ0) is 9.05. The summed E-state index contributed by atoms with van der Waals surface area (Å²) in [6.45, 7) is 4.51. The molecule has 0 saturated carbocycles. The van der Waals surface area contributed by atoms with E-state index in [0.717, 1.165) is 0 Å². The number of benzene rings is 1. The van der Waals surface area contributed by atoms with Crippen molar-refractivity contribution in [3.05, 3.63) is 35.4 Å². The third-order valence-corrected chi connectivity index (χ3v) is 3.74. The van der Waals surface area contributed by atoms with Crippen LogP contribution in [0, 0.1) is 5.92 Å². The van der Waals surface area contributed by atoms with Gasteiger partial charge in [0.15, 0.2) is 0 Å². The molecule has 0 amide bonds. The van der Waals surface area contributed by atoms with Gasteiger partial charge >= 0.3 is 0 Å². The van der Waals surface area contributed by atoms with Crippen LogP contribution in [0.25, 0.3) is 0 Å². The van der Waals surface area contributed by atoms with Crippen LogP contribution < -0.4 is 0 Å². The molecule has 0 N–H and O–H groups in total. The molecule has 2 aliphatic rings. The zero-order valence-corrected chi connectivity index (χ0v) is 8.08. The number of ether oxygens (including phenoxy) is 1. The molecule has 3 atom stereocenters. The lowest BCUT2D eigenvalue weighted by Gasteiger charge is -2.27. The van der Waals surface area contributed by atoms with Crippen molar-refractivity contribution >= 4 is 0 Å². The predicted molar refractivity (Wildman–Crippen MR) is 51.4 cm³/mol. The van der Waals surface area contributed by atoms with Gasteiger partial charge in [-0.3, -0.25) is 0 Å². The average Bonchev–Trinajstić information content (AvgIpc) is 2.57. The molecule has 2 aliphatic heterocycles. The molecule has 0 radical (unpaired) electrons. The van der Waals surface area contributed by atoms with Gasteiger partial charge < -0.3 is 4.74 Å². The minimum Gasteiger partial charge on any atom is -0.362 e. The van der Waals surface area contributed by atoms with E-state index in [0.29, 0.717) is 12.0 Å². The summed E-state index contributed by atoms with van der Waals surface area (Å²) in [6, 6.07) is 8.64. The average molecular weight is 174 g/mol. The van der Waals surface area contributed by atoms with E-state index in [1.54, 1.807) is 0 Å². The Balaban J connectivity index is 2.24. The normalized spacial score (nSPS) is 40.8. The highest BCUT2D eigenvalue weighted by atomic mass is 16.5. The molecule has 1 fully saturated rings. The summed E-state index contributed by atoms with van der Waals surface area (Å²) < 4.78 is 6.04. The van der Waals surface area contributed by atoms with Crippen molar-refractivity contribution in [1.82, 2.24) is 0 Å². The molecule has 2 heterocycles. The number of fused-ring (bicyclic) bond motifs is 5. The maximum atomic E-state index is 6.04. The molecule has 3 rings (SSSR count). The minimum atomic E-state index is 0.00125. The second kappa shape index (κ2) is 2.16. The highest BCUT2D eigenvalue weighted by Crippen LogP contribution is 2.57. The van der Waals surface area contributed by atoms with E-state index in [4.69, 9.17) is 4.74 Å². The van der Waals surface area contributed by atoms with Gasteiger partial charge in [-0.05, 0) is 30.4 Å². The van der Waals surface area contributed by atoms with Gasteiger partial charge in [0.2, 0.25) is 0 Å². The maximum absolute atomic E-state index is 6.04. The van der Waals surface area contributed by atoms with Gasteiger partial charge in [0, 0.05) is 0 Å². The van der Waals surface area contributed by atoms with E-state index in [2.05, 4.69) is 38.1 Å². The van der Waals surface area contributed by atoms with Crippen LogP contribution in [-0.2, 0) is 10.3 Å². The van der Waals surface area contributed by atoms with Crippen LogP contribution in [0.4, 0.5) is 0 Å². The van der Waals surface area contributed by atoms with Gasteiger partial charge in [0.25, 0.3) is 0 Å². The Hall–Kier alpha value is -0.820. The van der Waals surface area contributed by atoms with E-state index in [-0.39, 0.29) is 5.60 Å².